The van der Waals surface area contributed by atoms with Crippen LogP contribution in [0.4, 0.5) is 0 Å². The first-order valence-corrected chi connectivity index (χ1v) is 6.74. The van der Waals surface area contributed by atoms with Crippen molar-refractivity contribution in [3.8, 4) is 0 Å². The molecule has 0 bridgehead atoms. The number of aryl methyl sites for hydroxylation is 1. The lowest BCUT2D eigenvalue weighted by molar-refractivity contribution is -0.131. The zero-order chi connectivity index (χ0) is 14.2. The zero-order valence-corrected chi connectivity index (χ0v) is 12.4. The molecule has 0 saturated carbocycles. The van der Waals surface area contributed by atoms with Crippen molar-refractivity contribution in [2.75, 3.05) is 14.1 Å². The van der Waals surface area contributed by atoms with Crippen LogP contribution in [0.5, 0.6) is 0 Å². The van der Waals surface area contributed by atoms with Gasteiger partial charge in [-0.2, -0.15) is 0 Å². The van der Waals surface area contributed by atoms with Gasteiger partial charge in [-0.25, -0.2) is 4.98 Å². The summed E-state index contributed by atoms with van der Waals surface area (Å²) in [7, 11) is 3.51. The van der Waals surface area contributed by atoms with E-state index in [9.17, 15) is 4.79 Å². The Balaban J connectivity index is 2.67. The SMILES string of the molecule is Cc1cccc2nc(CCl)n(C(C)C(=O)N(C)C)c12. The normalized spacial score (nSPS) is 12.7. The highest BCUT2D eigenvalue weighted by Gasteiger charge is 2.23. The van der Waals surface area contributed by atoms with Crippen LogP contribution in [0.15, 0.2) is 18.2 Å². The van der Waals surface area contributed by atoms with Gasteiger partial charge in [0.15, 0.2) is 0 Å². The van der Waals surface area contributed by atoms with Gasteiger partial charge in [-0.1, -0.05) is 12.1 Å². The quantitative estimate of drug-likeness (QED) is 0.810. The maximum Gasteiger partial charge on any atom is 0.244 e. The molecular formula is C14H18ClN3O. The topological polar surface area (TPSA) is 38.1 Å². The average molecular weight is 280 g/mol. The van der Waals surface area contributed by atoms with E-state index in [0.717, 1.165) is 22.4 Å². The minimum absolute atomic E-state index is 0.0360. The van der Waals surface area contributed by atoms with Crippen molar-refractivity contribution in [1.29, 1.82) is 0 Å². The fourth-order valence-corrected chi connectivity index (χ4v) is 2.55. The Hall–Kier alpha value is -1.55. The lowest BCUT2D eigenvalue weighted by Crippen LogP contribution is -2.30. The van der Waals surface area contributed by atoms with E-state index in [4.69, 9.17) is 11.6 Å². The Kier molecular flexibility index (Phi) is 3.80. The molecular weight excluding hydrogens is 262 g/mol. The molecule has 1 aromatic carbocycles. The average Bonchev–Trinajstić information content (AvgIpc) is 2.76. The minimum Gasteiger partial charge on any atom is -0.347 e. The second-order valence-electron chi connectivity index (χ2n) is 4.88. The molecule has 0 aliphatic heterocycles. The van der Waals surface area contributed by atoms with Crippen molar-refractivity contribution in [2.24, 2.45) is 0 Å². The molecule has 0 N–H and O–H groups in total. The largest absolute Gasteiger partial charge is 0.347 e. The number of fused-ring (bicyclic) bond motifs is 1. The molecule has 0 aliphatic rings. The Morgan fingerprint density at radius 1 is 1.47 bits per heavy atom. The van der Waals surface area contributed by atoms with Crippen molar-refractivity contribution in [3.63, 3.8) is 0 Å². The standard InChI is InChI=1S/C14H18ClN3O/c1-9-6-5-7-11-13(9)18(12(8-15)16-11)10(2)14(19)17(3)4/h5-7,10H,8H2,1-4H3. The number of hydrogen-bond acceptors (Lipinski definition) is 2. The van der Waals surface area contributed by atoms with E-state index < -0.39 is 0 Å². The summed E-state index contributed by atoms with van der Waals surface area (Å²) < 4.78 is 1.94. The predicted molar refractivity (Wildman–Crippen MR) is 77.4 cm³/mol. The van der Waals surface area contributed by atoms with Crippen LogP contribution in [0.25, 0.3) is 11.0 Å². The summed E-state index contributed by atoms with van der Waals surface area (Å²) in [6.07, 6.45) is 0. The Morgan fingerprint density at radius 2 is 2.16 bits per heavy atom. The number of likely N-dealkylation sites (N-methyl/N-ethyl adjacent to an activating group) is 1. The fraction of sp³-hybridized carbons (Fsp3) is 0.429. The number of halogens is 1. The lowest BCUT2D eigenvalue weighted by atomic mass is 10.2. The molecule has 1 atom stereocenters. The summed E-state index contributed by atoms with van der Waals surface area (Å²) >= 11 is 5.98. The first-order valence-electron chi connectivity index (χ1n) is 6.21. The number of para-hydroxylation sites is 1. The van der Waals surface area contributed by atoms with Crippen molar-refractivity contribution < 1.29 is 4.79 Å². The molecule has 5 heteroatoms. The van der Waals surface area contributed by atoms with Gasteiger partial charge in [0.25, 0.3) is 0 Å². The maximum atomic E-state index is 12.2. The van der Waals surface area contributed by atoms with Gasteiger partial charge in [-0.15, -0.1) is 11.6 Å². The number of hydrogen-bond donors (Lipinski definition) is 0. The maximum absolute atomic E-state index is 12.2. The van der Waals surface area contributed by atoms with E-state index in [1.54, 1.807) is 19.0 Å². The molecule has 0 radical (unpaired) electrons. The summed E-state index contributed by atoms with van der Waals surface area (Å²) in [4.78, 5) is 18.3. The summed E-state index contributed by atoms with van der Waals surface area (Å²) in [5, 5.41) is 0. The second-order valence-corrected chi connectivity index (χ2v) is 5.15. The Labute approximate surface area is 118 Å². The molecule has 102 valence electrons. The molecule has 2 rings (SSSR count). The summed E-state index contributed by atoms with van der Waals surface area (Å²) in [5.74, 6) is 1.06. The molecule has 0 fully saturated rings. The molecule has 2 aromatic rings. The van der Waals surface area contributed by atoms with Crippen LogP contribution in [-0.2, 0) is 10.7 Å². The van der Waals surface area contributed by atoms with Crippen LogP contribution in [0, 0.1) is 6.92 Å². The number of imidazole rings is 1. The lowest BCUT2D eigenvalue weighted by Gasteiger charge is -2.20. The van der Waals surface area contributed by atoms with Crippen LogP contribution in [0.2, 0.25) is 0 Å². The van der Waals surface area contributed by atoms with E-state index in [0.29, 0.717) is 5.88 Å². The first kappa shape index (κ1) is 13.9. The fourth-order valence-electron chi connectivity index (χ4n) is 2.36. The molecule has 1 unspecified atom stereocenters. The van der Waals surface area contributed by atoms with Crippen molar-refractivity contribution in [3.05, 3.63) is 29.6 Å². The highest BCUT2D eigenvalue weighted by molar-refractivity contribution is 6.17. The smallest absolute Gasteiger partial charge is 0.244 e. The monoisotopic (exact) mass is 279 g/mol. The van der Waals surface area contributed by atoms with Gasteiger partial charge in [0.1, 0.15) is 11.9 Å². The van der Waals surface area contributed by atoms with Gasteiger partial charge in [-0.05, 0) is 25.5 Å². The molecule has 1 heterocycles. The minimum atomic E-state index is -0.310. The highest BCUT2D eigenvalue weighted by Crippen LogP contribution is 2.25. The Morgan fingerprint density at radius 3 is 2.74 bits per heavy atom. The van der Waals surface area contributed by atoms with Gasteiger partial charge in [-0.3, -0.25) is 4.79 Å². The molecule has 19 heavy (non-hydrogen) atoms. The summed E-state index contributed by atoms with van der Waals surface area (Å²) in [6, 6.07) is 5.62. The van der Waals surface area contributed by atoms with Gasteiger partial charge < -0.3 is 9.47 Å². The van der Waals surface area contributed by atoms with Gasteiger partial charge in [0.05, 0.1) is 16.9 Å². The number of carbonyl (C=O) groups is 1. The number of amides is 1. The number of nitrogens with zero attached hydrogens (tertiary/aromatic N) is 3. The van der Waals surface area contributed by atoms with Crippen LogP contribution < -0.4 is 0 Å². The number of aromatic nitrogens is 2. The molecule has 0 spiro atoms. The number of alkyl halides is 1. The van der Waals surface area contributed by atoms with Gasteiger partial charge in [0.2, 0.25) is 5.91 Å². The summed E-state index contributed by atoms with van der Waals surface area (Å²) in [5.41, 5.74) is 2.97. The third-order valence-electron chi connectivity index (χ3n) is 3.29. The van der Waals surface area contributed by atoms with Crippen LogP contribution in [0.3, 0.4) is 0 Å². The molecule has 4 nitrogen and oxygen atoms in total. The third kappa shape index (κ3) is 2.32. The van der Waals surface area contributed by atoms with Crippen molar-refractivity contribution in [2.45, 2.75) is 25.8 Å². The third-order valence-corrected chi connectivity index (χ3v) is 3.53. The zero-order valence-electron chi connectivity index (χ0n) is 11.6. The van der Waals surface area contributed by atoms with E-state index in [1.807, 2.05) is 36.6 Å². The summed E-state index contributed by atoms with van der Waals surface area (Å²) in [6.45, 7) is 3.90. The first-order chi connectivity index (χ1) is 8.97. The van der Waals surface area contributed by atoms with E-state index in [2.05, 4.69) is 4.98 Å². The number of rotatable bonds is 3. The van der Waals surface area contributed by atoms with Crippen LogP contribution >= 0.6 is 11.6 Å². The molecule has 1 amide bonds. The van der Waals surface area contributed by atoms with Crippen molar-refractivity contribution >= 4 is 28.5 Å². The number of benzene rings is 1. The molecule has 0 aliphatic carbocycles. The highest BCUT2D eigenvalue weighted by atomic mass is 35.5. The molecule has 0 saturated heterocycles. The van der Waals surface area contributed by atoms with Crippen molar-refractivity contribution in [1.82, 2.24) is 14.5 Å². The van der Waals surface area contributed by atoms with Crippen LogP contribution in [0.1, 0.15) is 24.4 Å². The molecule has 1 aromatic heterocycles. The van der Waals surface area contributed by atoms with Crippen LogP contribution in [-0.4, -0.2) is 34.5 Å². The van der Waals surface area contributed by atoms with E-state index in [1.165, 1.54) is 0 Å². The Bertz CT molecular complexity index is 618. The second kappa shape index (κ2) is 5.21. The van der Waals surface area contributed by atoms with Gasteiger partial charge >= 0.3 is 0 Å². The predicted octanol–water partition coefficient (Wildman–Crippen LogP) is 2.73. The van der Waals surface area contributed by atoms with Gasteiger partial charge in [0, 0.05) is 14.1 Å². The van der Waals surface area contributed by atoms with E-state index in [-0.39, 0.29) is 11.9 Å². The number of carbonyl (C=O) groups excluding carboxylic acids is 1. The van der Waals surface area contributed by atoms with E-state index >= 15 is 0 Å².